The van der Waals surface area contributed by atoms with E-state index in [1.165, 1.54) is 4.91 Å². The molecule has 0 aromatic rings. The molecule has 0 atom stereocenters. The van der Waals surface area contributed by atoms with Gasteiger partial charge in [0.1, 0.15) is 0 Å². The Kier molecular flexibility index (Phi) is 4.81. The standard InChI is InChI=1S/C6H11NS.H2/c1-3-6(5-7)8-4-2;/h3-4H,2,5,7H2,1H3;1H/b6-3-;. The van der Waals surface area contributed by atoms with E-state index in [2.05, 4.69) is 6.58 Å². The Morgan fingerprint density at radius 2 is 2.62 bits per heavy atom. The first-order chi connectivity index (χ1) is 3.85. The number of rotatable bonds is 3. The number of allylic oxidation sites excluding steroid dienone is 1. The molecule has 2 heteroatoms. The minimum absolute atomic E-state index is 0. The van der Waals surface area contributed by atoms with Crippen molar-refractivity contribution in [3.63, 3.8) is 0 Å². The van der Waals surface area contributed by atoms with Crippen molar-refractivity contribution in [2.24, 2.45) is 5.73 Å². The fourth-order valence-electron chi connectivity index (χ4n) is 0.341. The summed E-state index contributed by atoms with van der Waals surface area (Å²) in [6, 6.07) is 0. The second-order valence-corrected chi connectivity index (χ2v) is 2.34. The molecular formula is C6H13NS. The molecule has 0 spiro atoms. The zero-order chi connectivity index (χ0) is 6.41. The van der Waals surface area contributed by atoms with E-state index in [1.807, 2.05) is 13.0 Å². The molecule has 0 saturated carbocycles. The van der Waals surface area contributed by atoms with E-state index in [0.29, 0.717) is 6.54 Å². The third-order valence-electron chi connectivity index (χ3n) is 0.758. The van der Waals surface area contributed by atoms with Crippen LogP contribution in [0.15, 0.2) is 23.0 Å². The second-order valence-electron chi connectivity index (χ2n) is 1.24. The van der Waals surface area contributed by atoms with Crippen LogP contribution in [0.1, 0.15) is 8.35 Å². The first kappa shape index (κ1) is 7.79. The molecule has 0 fully saturated rings. The van der Waals surface area contributed by atoms with Crippen molar-refractivity contribution in [2.75, 3.05) is 6.54 Å². The predicted octanol–water partition coefficient (Wildman–Crippen LogP) is 1.97. The van der Waals surface area contributed by atoms with Crippen molar-refractivity contribution in [3.05, 3.63) is 23.0 Å². The van der Waals surface area contributed by atoms with E-state index in [4.69, 9.17) is 5.73 Å². The highest BCUT2D eigenvalue weighted by atomic mass is 32.2. The minimum atomic E-state index is 0. The van der Waals surface area contributed by atoms with Crippen LogP contribution < -0.4 is 5.73 Å². The maximum Gasteiger partial charge on any atom is 0.0238 e. The van der Waals surface area contributed by atoms with Crippen LogP contribution in [-0.2, 0) is 0 Å². The summed E-state index contributed by atoms with van der Waals surface area (Å²) in [7, 11) is 0. The predicted molar refractivity (Wildman–Crippen MR) is 42.7 cm³/mol. The summed E-state index contributed by atoms with van der Waals surface area (Å²) in [6.45, 7) is 6.15. The highest BCUT2D eigenvalue weighted by Crippen LogP contribution is 2.12. The van der Waals surface area contributed by atoms with Gasteiger partial charge in [-0.1, -0.05) is 12.7 Å². The van der Waals surface area contributed by atoms with Crippen molar-refractivity contribution in [1.29, 1.82) is 0 Å². The van der Waals surface area contributed by atoms with Gasteiger partial charge in [-0.2, -0.15) is 0 Å². The SMILES string of the molecule is C=CS/C(=C\C)CN.[HH]. The lowest BCUT2D eigenvalue weighted by Gasteiger charge is -1.94. The average molecular weight is 131 g/mol. The van der Waals surface area contributed by atoms with Gasteiger partial charge in [0, 0.05) is 7.97 Å². The van der Waals surface area contributed by atoms with E-state index >= 15 is 0 Å². The van der Waals surface area contributed by atoms with Crippen molar-refractivity contribution < 1.29 is 1.43 Å². The quantitative estimate of drug-likeness (QED) is 0.633. The molecule has 0 saturated heterocycles. The van der Waals surface area contributed by atoms with Crippen LogP contribution in [0.25, 0.3) is 0 Å². The molecule has 0 rings (SSSR count). The van der Waals surface area contributed by atoms with Crippen molar-refractivity contribution in [1.82, 2.24) is 0 Å². The molecule has 8 heavy (non-hydrogen) atoms. The van der Waals surface area contributed by atoms with Gasteiger partial charge in [-0.05, 0) is 17.2 Å². The van der Waals surface area contributed by atoms with Gasteiger partial charge in [0.05, 0.1) is 0 Å². The Hall–Kier alpha value is -0.210. The van der Waals surface area contributed by atoms with Gasteiger partial charge >= 0.3 is 0 Å². The smallest absolute Gasteiger partial charge is 0.0238 e. The van der Waals surface area contributed by atoms with Gasteiger partial charge in [-0.3, -0.25) is 0 Å². The summed E-state index contributed by atoms with van der Waals surface area (Å²) in [6.07, 6.45) is 1.99. The van der Waals surface area contributed by atoms with Crippen LogP contribution >= 0.6 is 11.8 Å². The Bertz CT molecular complexity index is 101. The van der Waals surface area contributed by atoms with Crippen molar-refractivity contribution >= 4 is 11.8 Å². The Balaban J connectivity index is 0. The summed E-state index contributed by atoms with van der Waals surface area (Å²) in [5.74, 6) is 0. The first-order valence-electron chi connectivity index (χ1n) is 2.48. The second kappa shape index (κ2) is 4.94. The third kappa shape index (κ3) is 2.88. The fourth-order valence-corrected chi connectivity index (χ4v) is 0.787. The molecule has 1 nitrogen and oxygen atoms in total. The molecule has 0 bridgehead atoms. The lowest BCUT2D eigenvalue weighted by molar-refractivity contribution is 1.23. The van der Waals surface area contributed by atoms with Crippen LogP contribution in [0.4, 0.5) is 0 Å². The zero-order valence-corrected chi connectivity index (χ0v) is 5.87. The third-order valence-corrected chi connectivity index (χ3v) is 1.63. The summed E-state index contributed by atoms with van der Waals surface area (Å²) in [4.78, 5) is 1.17. The summed E-state index contributed by atoms with van der Waals surface area (Å²) in [5.41, 5.74) is 5.33. The molecular weight excluding hydrogens is 118 g/mol. The topological polar surface area (TPSA) is 26.0 Å². The van der Waals surface area contributed by atoms with Crippen LogP contribution in [0, 0.1) is 0 Å². The molecule has 0 aliphatic heterocycles. The lowest BCUT2D eigenvalue weighted by Crippen LogP contribution is -1.98. The summed E-state index contributed by atoms with van der Waals surface area (Å²) < 4.78 is 0. The Morgan fingerprint density at radius 3 is 2.75 bits per heavy atom. The van der Waals surface area contributed by atoms with Crippen molar-refractivity contribution in [3.8, 4) is 0 Å². The van der Waals surface area contributed by atoms with Gasteiger partial charge < -0.3 is 5.73 Å². The molecule has 0 aliphatic carbocycles. The molecule has 0 aromatic carbocycles. The first-order valence-corrected chi connectivity index (χ1v) is 3.36. The van der Waals surface area contributed by atoms with Crippen LogP contribution in [0.2, 0.25) is 0 Å². The normalized spacial score (nSPS) is 11.5. The molecule has 0 amide bonds. The van der Waals surface area contributed by atoms with E-state index in [1.54, 1.807) is 17.2 Å². The van der Waals surface area contributed by atoms with Gasteiger partial charge in [0.15, 0.2) is 0 Å². The molecule has 0 heterocycles. The number of hydrogen-bond acceptors (Lipinski definition) is 2. The number of thioether (sulfide) groups is 1. The Labute approximate surface area is 56.1 Å². The van der Waals surface area contributed by atoms with Crippen LogP contribution in [0.5, 0.6) is 0 Å². The fraction of sp³-hybridized carbons (Fsp3) is 0.333. The average Bonchev–Trinajstić information content (AvgIpc) is 1.83. The monoisotopic (exact) mass is 131 g/mol. The van der Waals surface area contributed by atoms with Crippen molar-refractivity contribution in [2.45, 2.75) is 6.92 Å². The van der Waals surface area contributed by atoms with Crippen LogP contribution in [0.3, 0.4) is 0 Å². The van der Waals surface area contributed by atoms with E-state index in [0.717, 1.165) is 0 Å². The minimum Gasteiger partial charge on any atom is -0.326 e. The highest BCUT2D eigenvalue weighted by Gasteiger charge is 1.85. The molecule has 2 N–H and O–H groups in total. The summed E-state index contributed by atoms with van der Waals surface area (Å²) in [5, 5.41) is 1.78. The zero-order valence-electron chi connectivity index (χ0n) is 5.05. The molecule has 48 valence electrons. The highest BCUT2D eigenvalue weighted by molar-refractivity contribution is 8.05. The molecule has 0 aliphatic rings. The molecule has 0 radical (unpaired) electrons. The van der Waals surface area contributed by atoms with Gasteiger partial charge in [-0.25, -0.2) is 0 Å². The Morgan fingerprint density at radius 1 is 2.00 bits per heavy atom. The van der Waals surface area contributed by atoms with E-state index in [9.17, 15) is 0 Å². The van der Waals surface area contributed by atoms with Gasteiger partial charge in [0.2, 0.25) is 0 Å². The van der Waals surface area contributed by atoms with E-state index < -0.39 is 0 Å². The molecule has 0 unspecified atom stereocenters. The number of nitrogens with two attached hydrogens (primary N) is 1. The maximum absolute atomic E-state index is 5.33. The molecule has 0 aromatic heterocycles. The summed E-state index contributed by atoms with van der Waals surface area (Å²) >= 11 is 1.58. The maximum atomic E-state index is 5.33. The van der Waals surface area contributed by atoms with Gasteiger partial charge in [-0.15, -0.1) is 11.8 Å². The lowest BCUT2D eigenvalue weighted by atomic mass is 10.5. The van der Waals surface area contributed by atoms with Crippen LogP contribution in [-0.4, -0.2) is 6.54 Å². The van der Waals surface area contributed by atoms with E-state index in [-0.39, 0.29) is 1.43 Å². The number of hydrogen-bond donors (Lipinski definition) is 1. The largest absolute Gasteiger partial charge is 0.326 e. The van der Waals surface area contributed by atoms with Gasteiger partial charge in [0.25, 0.3) is 0 Å².